The van der Waals surface area contributed by atoms with Gasteiger partial charge >= 0.3 is 11.9 Å². The maximum absolute atomic E-state index is 12.1. The van der Waals surface area contributed by atoms with Gasteiger partial charge in [0.1, 0.15) is 16.9 Å². The summed E-state index contributed by atoms with van der Waals surface area (Å²) in [4.78, 5) is 22.7. The van der Waals surface area contributed by atoms with Crippen molar-refractivity contribution in [2.75, 3.05) is 7.11 Å². The van der Waals surface area contributed by atoms with Crippen molar-refractivity contribution >= 4 is 11.9 Å². The molecule has 0 fully saturated rings. The third-order valence-electron chi connectivity index (χ3n) is 2.51. The van der Waals surface area contributed by atoms with Gasteiger partial charge in [0.2, 0.25) is 0 Å². The van der Waals surface area contributed by atoms with Gasteiger partial charge in [0, 0.05) is 6.42 Å². The molecule has 5 nitrogen and oxygen atoms in total. The summed E-state index contributed by atoms with van der Waals surface area (Å²) in [7, 11) is 1.47. The molecule has 1 rings (SSSR count). The molecule has 0 spiro atoms. The van der Waals surface area contributed by atoms with Crippen LogP contribution in [0.25, 0.3) is 0 Å². The van der Waals surface area contributed by atoms with E-state index in [2.05, 4.69) is 0 Å². The van der Waals surface area contributed by atoms with E-state index in [4.69, 9.17) is 14.6 Å². The number of methoxy groups -OCH3 is 1. The molecule has 0 aliphatic rings. The number of hydrogen-bond acceptors (Lipinski definition) is 4. The molecular formula is C15H20O5. The van der Waals surface area contributed by atoms with Gasteiger partial charge in [-0.05, 0) is 44.9 Å². The van der Waals surface area contributed by atoms with Crippen LogP contribution in [0.2, 0.25) is 0 Å². The van der Waals surface area contributed by atoms with E-state index in [0.717, 1.165) is 5.56 Å². The average molecular weight is 280 g/mol. The molecule has 0 bridgehead atoms. The number of ether oxygens (including phenoxy) is 2. The smallest absolute Gasteiger partial charge is 0.342 e. The second-order valence-electron chi connectivity index (χ2n) is 5.43. The molecule has 0 heterocycles. The van der Waals surface area contributed by atoms with Crippen molar-refractivity contribution in [3.8, 4) is 5.75 Å². The standard InChI is InChI=1S/C15H20O5/c1-15(2,3)20-14(18)11-9-10(6-8-13(16)17)5-7-12(11)19-4/h5,7,9H,6,8H2,1-4H3,(H,16,17). The highest BCUT2D eigenvalue weighted by Crippen LogP contribution is 2.23. The van der Waals surface area contributed by atoms with Crippen LogP contribution in [0.4, 0.5) is 0 Å². The van der Waals surface area contributed by atoms with E-state index in [1.54, 1.807) is 39.0 Å². The molecule has 0 saturated heterocycles. The number of esters is 1. The van der Waals surface area contributed by atoms with Crippen molar-refractivity contribution in [1.29, 1.82) is 0 Å². The lowest BCUT2D eigenvalue weighted by atomic mass is 10.0. The van der Waals surface area contributed by atoms with E-state index < -0.39 is 17.5 Å². The predicted molar refractivity (Wildman–Crippen MR) is 74.1 cm³/mol. The number of carbonyl (C=O) groups excluding carboxylic acids is 1. The van der Waals surface area contributed by atoms with Crippen LogP contribution < -0.4 is 4.74 Å². The van der Waals surface area contributed by atoms with E-state index >= 15 is 0 Å². The molecule has 0 atom stereocenters. The van der Waals surface area contributed by atoms with Crippen molar-refractivity contribution in [2.45, 2.75) is 39.2 Å². The highest BCUT2D eigenvalue weighted by molar-refractivity contribution is 5.93. The number of aliphatic carboxylic acids is 1. The Morgan fingerprint density at radius 3 is 2.40 bits per heavy atom. The Bertz CT molecular complexity index is 499. The third-order valence-corrected chi connectivity index (χ3v) is 2.51. The number of carboxylic acid groups (broad SMARTS) is 1. The molecule has 0 aromatic heterocycles. The lowest BCUT2D eigenvalue weighted by molar-refractivity contribution is -0.136. The van der Waals surface area contributed by atoms with Crippen LogP contribution in [0.1, 0.15) is 43.1 Å². The maximum Gasteiger partial charge on any atom is 0.342 e. The lowest BCUT2D eigenvalue weighted by Crippen LogP contribution is -2.24. The van der Waals surface area contributed by atoms with E-state index in [0.29, 0.717) is 17.7 Å². The van der Waals surface area contributed by atoms with Gasteiger partial charge in [-0.1, -0.05) is 6.07 Å². The summed E-state index contributed by atoms with van der Waals surface area (Å²) in [6.45, 7) is 5.35. The molecule has 0 unspecified atom stereocenters. The second-order valence-corrected chi connectivity index (χ2v) is 5.43. The van der Waals surface area contributed by atoms with Crippen LogP contribution in [0.15, 0.2) is 18.2 Å². The highest BCUT2D eigenvalue weighted by atomic mass is 16.6. The molecule has 1 aromatic rings. The number of hydrogen-bond donors (Lipinski definition) is 1. The fourth-order valence-electron chi connectivity index (χ4n) is 1.65. The zero-order valence-corrected chi connectivity index (χ0v) is 12.2. The molecule has 0 aliphatic heterocycles. The van der Waals surface area contributed by atoms with Crippen LogP contribution >= 0.6 is 0 Å². The minimum atomic E-state index is -0.875. The highest BCUT2D eigenvalue weighted by Gasteiger charge is 2.21. The van der Waals surface area contributed by atoms with Crippen LogP contribution in [0.5, 0.6) is 5.75 Å². The molecule has 0 aliphatic carbocycles. The van der Waals surface area contributed by atoms with E-state index in [-0.39, 0.29) is 6.42 Å². The summed E-state index contributed by atoms with van der Waals surface area (Å²) in [5, 5.41) is 8.69. The number of carboxylic acids is 1. The topological polar surface area (TPSA) is 72.8 Å². The molecule has 20 heavy (non-hydrogen) atoms. The van der Waals surface area contributed by atoms with E-state index in [1.165, 1.54) is 7.11 Å². The molecule has 1 aromatic carbocycles. The molecule has 5 heteroatoms. The normalized spacial score (nSPS) is 11.0. The Labute approximate surface area is 118 Å². The van der Waals surface area contributed by atoms with Crippen LogP contribution in [-0.4, -0.2) is 29.8 Å². The zero-order chi connectivity index (χ0) is 15.3. The van der Waals surface area contributed by atoms with Gasteiger partial charge in [-0.3, -0.25) is 4.79 Å². The number of carbonyl (C=O) groups is 2. The first kappa shape index (κ1) is 16.0. The van der Waals surface area contributed by atoms with Gasteiger partial charge < -0.3 is 14.6 Å². The summed E-state index contributed by atoms with van der Waals surface area (Å²) in [6, 6.07) is 5.02. The minimum Gasteiger partial charge on any atom is -0.496 e. The first-order valence-corrected chi connectivity index (χ1v) is 6.35. The Morgan fingerprint density at radius 1 is 1.25 bits per heavy atom. The van der Waals surface area contributed by atoms with Crippen LogP contribution in [0.3, 0.4) is 0 Å². The number of benzene rings is 1. The maximum atomic E-state index is 12.1. The molecule has 0 radical (unpaired) electrons. The van der Waals surface area contributed by atoms with Gasteiger partial charge in [-0.2, -0.15) is 0 Å². The van der Waals surface area contributed by atoms with Crippen LogP contribution in [0, 0.1) is 0 Å². The number of rotatable bonds is 5. The van der Waals surface area contributed by atoms with Crippen molar-refractivity contribution < 1.29 is 24.2 Å². The first-order valence-electron chi connectivity index (χ1n) is 6.35. The van der Waals surface area contributed by atoms with E-state index in [1.807, 2.05) is 0 Å². The third kappa shape index (κ3) is 4.91. The molecule has 0 saturated carbocycles. The zero-order valence-electron chi connectivity index (χ0n) is 12.2. The van der Waals surface area contributed by atoms with Gasteiger partial charge in [0.25, 0.3) is 0 Å². The first-order chi connectivity index (χ1) is 9.23. The monoisotopic (exact) mass is 280 g/mol. The summed E-state index contributed by atoms with van der Waals surface area (Å²) in [6.07, 6.45) is 0.370. The minimum absolute atomic E-state index is 0.0140. The van der Waals surface area contributed by atoms with Gasteiger partial charge in [-0.25, -0.2) is 4.79 Å². The largest absolute Gasteiger partial charge is 0.496 e. The van der Waals surface area contributed by atoms with Gasteiger partial charge in [-0.15, -0.1) is 0 Å². The molecule has 1 N–H and O–H groups in total. The Kier molecular flexibility index (Phi) is 5.13. The predicted octanol–water partition coefficient (Wildman–Crippen LogP) is 2.67. The second kappa shape index (κ2) is 6.41. The van der Waals surface area contributed by atoms with Crippen LogP contribution in [-0.2, 0) is 16.0 Å². The Balaban J connectivity index is 2.99. The fraction of sp³-hybridized carbons (Fsp3) is 0.467. The molecular weight excluding hydrogens is 260 g/mol. The average Bonchev–Trinajstić information content (AvgIpc) is 2.33. The van der Waals surface area contributed by atoms with Crippen molar-refractivity contribution in [1.82, 2.24) is 0 Å². The van der Waals surface area contributed by atoms with Crippen molar-refractivity contribution in [3.05, 3.63) is 29.3 Å². The van der Waals surface area contributed by atoms with Crippen molar-refractivity contribution in [2.24, 2.45) is 0 Å². The summed E-state index contributed by atoms with van der Waals surface area (Å²) < 4.78 is 10.5. The summed E-state index contributed by atoms with van der Waals surface area (Å²) >= 11 is 0. The van der Waals surface area contributed by atoms with Gasteiger partial charge in [0.05, 0.1) is 7.11 Å². The Hall–Kier alpha value is -2.04. The van der Waals surface area contributed by atoms with Crippen molar-refractivity contribution in [3.63, 3.8) is 0 Å². The lowest BCUT2D eigenvalue weighted by Gasteiger charge is -2.20. The molecule has 0 amide bonds. The fourth-order valence-corrected chi connectivity index (χ4v) is 1.65. The molecule has 110 valence electrons. The summed E-state index contributed by atoms with van der Waals surface area (Å²) in [5.74, 6) is -0.940. The van der Waals surface area contributed by atoms with E-state index in [9.17, 15) is 9.59 Å². The Morgan fingerprint density at radius 2 is 1.90 bits per heavy atom. The summed E-state index contributed by atoms with van der Waals surface area (Å²) in [5.41, 5.74) is 0.471. The quantitative estimate of drug-likeness (QED) is 0.839. The number of aryl methyl sites for hydroxylation is 1. The van der Waals surface area contributed by atoms with Gasteiger partial charge in [0.15, 0.2) is 0 Å². The SMILES string of the molecule is COc1ccc(CCC(=O)O)cc1C(=O)OC(C)(C)C.